The smallest absolute Gasteiger partial charge is 0.263 e. The molecule has 0 saturated heterocycles. The minimum atomic E-state index is -0.330. The van der Waals surface area contributed by atoms with Gasteiger partial charge in [0.05, 0.1) is 24.0 Å². The molecule has 200 valence electrons. The summed E-state index contributed by atoms with van der Waals surface area (Å²) >= 11 is 1.46. The quantitative estimate of drug-likeness (QED) is 0.235. The van der Waals surface area contributed by atoms with Crippen LogP contribution in [0.4, 0.5) is 21.0 Å². The van der Waals surface area contributed by atoms with Gasteiger partial charge in [-0.2, -0.15) is 5.10 Å². The van der Waals surface area contributed by atoms with E-state index in [4.69, 9.17) is 0 Å². The van der Waals surface area contributed by atoms with Gasteiger partial charge in [-0.05, 0) is 55.9 Å². The van der Waals surface area contributed by atoms with Gasteiger partial charge in [0, 0.05) is 28.7 Å². The molecule has 5 aromatic rings. The maximum absolute atomic E-state index is 13.6. The number of rotatable bonds is 10. The zero-order valence-corrected chi connectivity index (χ0v) is 22.8. The van der Waals surface area contributed by atoms with Crippen molar-refractivity contribution in [2.75, 3.05) is 23.7 Å². The summed E-state index contributed by atoms with van der Waals surface area (Å²) in [4.78, 5) is 29.6. The van der Waals surface area contributed by atoms with Crippen molar-refractivity contribution in [3.05, 3.63) is 88.7 Å². The first-order valence-electron chi connectivity index (χ1n) is 12.7. The van der Waals surface area contributed by atoms with Crippen LogP contribution in [0.25, 0.3) is 10.9 Å². The molecule has 0 spiro atoms. The van der Waals surface area contributed by atoms with Gasteiger partial charge in [0.15, 0.2) is 5.13 Å². The van der Waals surface area contributed by atoms with Crippen molar-refractivity contribution < 1.29 is 9.18 Å². The number of amides is 1. The number of nitrogens with zero attached hydrogens (tertiary/aromatic N) is 6. The second-order valence-electron chi connectivity index (χ2n) is 9.06. The maximum Gasteiger partial charge on any atom is 0.263 e. The summed E-state index contributed by atoms with van der Waals surface area (Å²) in [5.74, 6) is -0.208. The summed E-state index contributed by atoms with van der Waals surface area (Å²) < 4.78 is 15.4. The molecule has 0 bridgehead atoms. The normalized spacial score (nSPS) is 11.3. The molecule has 0 saturated carbocycles. The molecule has 2 aromatic carbocycles. The third-order valence-corrected chi connectivity index (χ3v) is 7.34. The number of halogens is 1. The summed E-state index contributed by atoms with van der Waals surface area (Å²) in [5, 5.41) is 12.1. The minimum absolute atomic E-state index is 0.273. The number of nitrogens with one attached hydrogen (secondary N) is 2. The van der Waals surface area contributed by atoms with Gasteiger partial charge in [0.25, 0.3) is 5.91 Å². The molecule has 3 heterocycles. The van der Waals surface area contributed by atoms with Crippen molar-refractivity contribution in [1.82, 2.24) is 29.6 Å². The average molecular weight is 545 g/mol. The van der Waals surface area contributed by atoms with Gasteiger partial charge in [-0.15, -0.1) is 11.3 Å². The van der Waals surface area contributed by atoms with E-state index in [-0.39, 0.29) is 11.7 Å². The summed E-state index contributed by atoms with van der Waals surface area (Å²) in [6, 6.07) is 12.3. The molecule has 5 rings (SSSR count). The van der Waals surface area contributed by atoms with E-state index in [1.54, 1.807) is 25.4 Å². The van der Waals surface area contributed by atoms with E-state index >= 15 is 0 Å². The molecule has 0 unspecified atom stereocenters. The lowest BCUT2D eigenvalue weighted by Crippen LogP contribution is -2.21. The highest BCUT2D eigenvalue weighted by molar-refractivity contribution is 7.15. The fourth-order valence-corrected chi connectivity index (χ4v) is 5.19. The van der Waals surface area contributed by atoms with Crippen molar-refractivity contribution in [3.8, 4) is 0 Å². The molecule has 3 aromatic heterocycles. The van der Waals surface area contributed by atoms with E-state index in [9.17, 15) is 9.18 Å². The van der Waals surface area contributed by atoms with Crippen LogP contribution in [0.1, 0.15) is 40.3 Å². The van der Waals surface area contributed by atoms with Crippen molar-refractivity contribution in [2.24, 2.45) is 0 Å². The molecule has 9 nitrogen and oxygen atoms in total. The topological polar surface area (TPSA) is 101 Å². The van der Waals surface area contributed by atoms with Crippen molar-refractivity contribution >= 4 is 44.8 Å². The molecule has 39 heavy (non-hydrogen) atoms. The number of benzene rings is 2. The Balaban J connectivity index is 1.33. The number of thiazole rings is 1. The Labute approximate surface area is 229 Å². The number of carbonyl (C=O) groups excluding carboxylic acids is 1. The van der Waals surface area contributed by atoms with E-state index in [2.05, 4.69) is 49.4 Å². The van der Waals surface area contributed by atoms with Crippen LogP contribution in [-0.2, 0) is 13.1 Å². The Hall–Kier alpha value is -4.22. The Kier molecular flexibility index (Phi) is 7.89. The molecule has 11 heteroatoms. The Morgan fingerprint density at radius 1 is 1.08 bits per heavy atom. The molecule has 2 N–H and O–H groups in total. The van der Waals surface area contributed by atoms with Crippen LogP contribution in [0.2, 0.25) is 0 Å². The van der Waals surface area contributed by atoms with Gasteiger partial charge in [0.1, 0.15) is 23.5 Å². The Morgan fingerprint density at radius 3 is 2.72 bits per heavy atom. The molecule has 0 atom stereocenters. The van der Waals surface area contributed by atoms with Crippen LogP contribution in [0.5, 0.6) is 0 Å². The molecular weight excluding hydrogens is 515 g/mol. The Bertz CT molecular complexity index is 1610. The van der Waals surface area contributed by atoms with E-state index < -0.39 is 0 Å². The highest BCUT2D eigenvalue weighted by atomic mass is 32.1. The lowest BCUT2D eigenvalue weighted by Gasteiger charge is -2.15. The highest BCUT2D eigenvalue weighted by Gasteiger charge is 2.19. The van der Waals surface area contributed by atoms with Crippen molar-refractivity contribution in [1.29, 1.82) is 0 Å². The molecule has 1 amide bonds. The highest BCUT2D eigenvalue weighted by Crippen LogP contribution is 2.26. The zero-order valence-electron chi connectivity index (χ0n) is 22.0. The van der Waals surface area contributed by atoms with Gasteiger partial charge in [-0.1, -0.05) is 26.0 Å². The number of aromatic nitrogens is 5. The van der Waals surface area contributed by atoms with E-state index in [1.165, 1.54) is 29.8 Å². The SMILES string of the molecule is CCN(CC)Cc1cnc(NC(=O)c2c(C)ncnc2Nc2ccc3c(cnn3Cc3cccc(F)c3)c2)s1. The number of carbonyl (C=O) groups is 1. The van der Waals surface area contributed by atoms with E-state index in [0.29, 0.717) is 28.8 Å². The van der Waals surface area contributed by atoms with Crippen LogP contribution in [-0.4, -0.2) is 48.6 Å². The molecule has 0 radical (unpaired) electrons. The standard InChI is InChI=1S/C28H29FN8OS/c1-4-36(5-2)16-23-14-30-28(39-23)35-27(38)25-18(3)31-17-32-26(25)34-22-9-10-24-20(12-22)13-33-37(24)15-19-7-6-8-21(29)11-19/h6-14,17H,4-5,15-16H2,1-3H3,(H,30,35,38)(H,31,32,34). The largest absolute Gasteiger partial charge is 0.339 e. The third-order valence-electron chi connectivity index (χ3n) is 6.44. The predicted molar refractivity (Wildman–Crippen MR) is 152 cm³/mol. The monoisotopic (exact) mass is 544 g/mol. The summed E-state index contributed by atoms with van der Waals surface area (Å²) in [6.07, 6.45) is 4.99. The van der Waals surface area contributed by atoms with Gasteiger partial charge < -0.3 is 5.32 Å². The first-order chi connectivity index (χ1) is 18.9. The third kappa shape index (κ3) is 6.10. The van der Waals surface area contributed by atoms with Gasteiger partial charge in [-0.25, -0.2) is 19.3 Å². The first kappa shape index (κ1) is 26.4. The number of fused-ring (bicyclic) bond motifs is 1. The lowest BCUT2D eigenvalue weighted by molar-refractivity contribution is 0.102. The number of hydrogen-bond acceptors (Lipinski definition) is 8. The second kappa shape index (κ2) is 11.7. The Morgan fingerprint density at radius 2 is 1.92 bits per heavy atom. The maximum atomic E-state index is 13.6. The van der Waals surface area contributed by atoms with E-state index in [0.717, 1.165) is 46.7 Å². The average Bonchev–Trinajstić information content (AvgIpc) is 3.53. The van der Waals surface area contributed by atoms with Crippen LogP contribution < -0.4 is 10.6 Å². The van der Waals surface area contributed by atoms with Crippen LogP contribution in [0.3, 0.4) is 0 Å². The number of aryl methyl sites for hydroxylation is 1. The minimum Gasteiger partial charge on any atom is -0.339 e. The lowest BCUT2D eigenvalue weighted by atomic mass is 10.2. The molecular formula is C28H29FN8OS. The molecule has 0 fully saturated rings. The van der Waals surface area contributed by atoms with Crippen LogP contribution >= 0.6 is 11.3 Å². The van der Waals surface area contributed by atoms with Crippen molar-refractivity contribution in [3.63, 3.8) is 0 Å². The van der Waals surface area contributed by atoms with Crippen molar-refractivity contribution in [2.45, 2.75) is 33.9 Å². The zero-order chi connectivity index (χ0) is 27.4. The van der Waals surface area contributed by atoms with Gasteiger partial charge in [0.2, 0.25) is 0 Å². The van der Waals surface area contributed by atoms with E-state index in [1.807, 2.05) is 28.9 Å². The fraction of sp³-hybridized carbons (Fsp3) is 0.250. The first-order valence-corrected chi connectivity index (χ1v) is 13.5. The predicted octanol–water partition coefficient (Wildman–Crippen LogP) is 5.62. The molecule has 0 aliphatic heterocycles. The van der Waals surface area contributed by atoms with Crippen LogP contribution in [0.15, 0.2) is 61.2 Å². The molecule has 0 aliphatic rings. The van der Waals surface area contributed by atoms with Crippen LogP contribution in [0, 0.1) is 12.7 Å². The summed E-state index contributed by atoms with van der Waals surface area (Å²) in [6.45, 7) is 9.16. The van der Waals surface area contributed by atoms with Gasteiger partial charge in [-0.3, -0.25) is 19.7 Å². The summed E-state index contributed by atoms with van der Waals surface area (Å²) in [7, 11) is 0. The number of anilines is 3. The molecule has 0 aliphatic carbocycles. The summed E-state index contributed by atoms with van der Waals surface area (Å²) in [5.41, 5.74) is 3.38. The number of hydrogen-bond donors (Lipinski definition) is 2. The van der Waals surface area contributed by atoms with Gasteiger partial charge >= 0.3 is 0 Å². The fourth-order valence-electron chi connectivity index (χ4n) is 4.34. The second-order valence-corrected chi connectivity index (χ2v) is 10.2.